The molecule has 4 amide bonds. The summed E-state index contributed by atoms with van der Waals surface area (Å²) in [4.78, 5) is 43.1. The van der Waals surface area contributed by atoms with Crippen molar-refractivity contribution >= 4 is 39.4 Å². The van der Waals surface area contributed by atoms with Crippen LogP contribution in [-0.2, 0) is 19.6 Å². The predicted octanol–water partition coefficient (Wildman–Crippen LogP) is 1.60. The summed E-state index contributed by atoms with van der Waals surface area (Å²) >= 11 is 0. The van der Waals surface area contributed by atoms with E-state index in [4.69, 9.17) is 0 Å². The van der Waals surface area contributed by atoms with Crippen molar-refractivity contribution in [3.8, 4) is 0 Å². The minimum absolute atomic E-state index is 0.000351. The Bertz CT molecular complexity index is 1090. The van der Waals surface area contributed by atoms with Crippen LogP contribution in [0.2, 0.25) is 0 Å². The van der Waals surface area contributed by atoms with Crippen LogP contribution in [-0.4, -0.2) is 55.6 Å². The molecule has 2 fully saturated rings. The Morgan fingerprint density at radius 2 is 2.09 bits per heavy atom. The SMILES string of the molecule is C[C@H]1CCCC[C@]12NC(=O)N(CC(=O)Nc1cccc(S(=O)(=O)NC3=NCCC3)c1)C2=O. The zero-order valence-electron chi connectivity index (χ0n) is 17.9. The molecule has 1 aliphatic carbocycles. The van der Waals surface area contributed by atoms with Crippen LogP contribution in [0, 0.1) is 5.92 Å². The highest BCUT2D eigenvalue weighted by Crippen LogP contribution is 2.38. The number of hydrogen-bond acceptors (Lipinski definition) is 6. The van der Waals surface area contributed by atoms with E-state index in [9.17, 15) is 22.8 Å². The van der Waals surface area contributed by atoms with Crippen LogP contribution >= 0.6 is 0 Å². The lowest BCUT2D eigenvalue weighted by molar-refractivity contribution is -0.136. The second-order valence-electron chi connectivity index (χ2n) is 8.55. The van der Waals surface area contributed by atoms with E-state index < -0.39 is 34.0 Å². The highest BCUT2D eigenvalue weighted by atomic mass is 32.2. The Morgan fingerprint density at radius 1 is 1.28 bits per heavy atom. The summed E-state index contributed by atoms with van der Waals surface area (Å²) in [5.74, 6) is -0.539. The molecule has 32 heavy (non-hydrogen) atoms. The number of nitrogens with one attached hydrogen (secondary N) is 3. The van der Waals surface area contributed by atoms with E-state index in [0.29, 0.717) is 25.2 Å². The zero-order chi connectivity index (χ0) is 22.9. The molecule has 10 nitrogen and oxygen atoms in total. The number of anilines is 1. The van der Waals surface area contributed by atoms with Crippen molar-refractivity contribution in [1.29, 1.82) is 0 Å². The molecule has 1 aromatic carbocycles. The minimum Gasteiger partial charge on any atom is -0.324 e. The molecule has 2 heterocycles. The lowest BCUT2D eigenvalue weighted by Gasteiger charge is -2.36. The van der Waals surface area contributed by atoms with E-state index >= 15 is 0 Å². The first-order chi connectivity index (χ1) is 15.2. The number of sulfonamides is 1. The topological polar surface area (TPSA) is 137 Å². The number of carbonyl (C=O) groups excluding carboxylic acids is 3. The maximum atomic E-state index is 13.0. The van der Waals surface area contributed by atoms with Gasteiger partial charge in [0.05, 0.1) is 4.90 Å². The molecule has 2 aliphatic heterocycles. The number of nitrogens with zero attached hydrogens (tertiary/aromatic N) is 2. The van der Waals surface area contributed by atoms with Gasteiger partial charge in [-0.25, -0.2) is 13.2 Å². The summed E-state index contributed by atoms with van der Waals surface area (Å²) in [7, 11) is -3.83. The van der Waals surface area contributed by atoms with Crippen LogP contribution in [0.3, 0.4) is 0 Å². The van der Waals surface area contributed by atoms with Crippen LogP contribution in [0.5, 0.6) is 0 Å². The van der Waals surface area contributed by atoms with Gasteiger partial charge in [-0.2, -0.15) is 0 Å². The van der Waals surface area contributed by atoms with Crippen LogP contribution in [0.25, 0.3) is 0 Å². The molecule has 172 valence electrons. The molecule has 3 aliphatic rings. The molecule has 0 aromatic heterocycles. The third kappa shape index (κ3) is 4.21. The Labute approximate surface area is 186 Å². The van der Waals surface area contributed by atoms with Gasteiger partial charge in [-0.05, 0) is 43.4 Å². The van der Waals surface area contributed by atoms with Gasteiger partial charge in [0.1, 0.15) is 17.9 Å². The molecule has 1 spiro atoms. The second kappa shape index (κ2) is 8.53. The lowest BCUT2D eigenvalue weighted by Crippen LogP contribution is -2.54. The summed E-state index contributed by atoms with van der Waals surface area (Å²) in [6.45, 7) is 2.10. The molecule has 1 saturated heterocycles. The number of benzene rings is 1. The molecular formula is C21H27N5O5S. The van der Waals surface area contributed by atoms with Crippen molar-refractivity contribution < 1.29 is 22.8 Å². The molecule has 0 radical (unpaired) electrons. The van der Waals surface area contributed by atoms with Gasteiger partial charge < -0.3 is 10.6 Å². The van der Waals surface area contributed by atoms with Crippen molar-refractivity contribution in [3.05, 3.63) is 24.3 Å². The number of amidine groups is 1. The Hall–Kier alpha value is -2.95. The summed E-state index contributed by atoms with van der Waals surface area (Å²) < 4.78 is 27.6. The average Bonchev–Trinajstić information content (AvgIpc) is 3.33. The summed E-state index contributed by atoms with van der Waals surface area (Å²) in [5.41, 5.74) is -0.683. The maximum Gasteiger partial charge on any atom is 0.325 e. The third-order valence-corrected chi connectivity index (χ3v) is 7.74. The number of imide groups is 1. The van der Waals surface area contributed by atoms with E-state index in [1.54, 1.807) is 6.07 Å². The van der Waals surface area contributed by atoms with Crippen molar-refractivity contribution in [2.75, 3.05) is 18.4 Å². The van der Waals surface area contributed by atoms with E-state index in [2.05, 4.69) is 20.3 Å². The van der Waals surface area contributed by atoms with E-state index in [1.807, 2.05) is 6.92 Å². The van der Waals surface area contributed by atoms with E-state index in [1.165, 1.54) is 18.2 Å². The fourth-order valence-electron chi connectivity index (χ4n) is 4.56. The summed E-state index contributed by atoms with van der Waals surface area (Å²) in [6.07, 6.45) is 4.63. The Kier molecular flexibility index (Phi) is 5.93. The monoisotopic (exact) mass is 461 g/mol. The molecule has 3 N–H and O–H groups in total. The Morgan fingerprint density at radius 3 is 2.81 bits per heavy atom. The minimum atomic E-state index is -3.83. The van der Waals surface area contributed by atoms with Gasteiger partial charge in [0.25, 0.3) is 15.9 Å². The molecule has 1 saturated carbocycles. The van der Waals surface area contributed by atoms with Crippen molar-refractivity contribution in [1.82, 2.24) is 14.9 Å². The standard InChI is InChI=1S/C21H27N5O5S/c1-14-6-2-3-10-21(14)19(28)26(20(29)24-21)13-18(27)23-15-7-4-8-16(12-15)32(30,31)25-17-9-5-11-22-17/h4,7-8,12,14H,2-3,5-6,9-11,13H2,1H3,(H,22,25)(H,23,27)(H,24,29)/t14-,21-/m0/s1. The van der Waals surface area contributed by atoms with Crippen molar-refractivity contribution in [2.45, 2.75) is 55.9 Å². The number of urea groups is 1. The maximum absolute atomic E-state index is 13.0. The number of hydrogen-bond donors (Lipinski definition) is 3. The largest absolute Gasteiger partial charge is 0.325 e. The van der Waals surface area contributed by atoms with Gasteiger partial charge in [-0.3, -0.25) is 24.2 Å². The second-order valence-corrected chi connectivity index (χ2v) is 10.2. The molecular weight excluding hydrogens is 434 g/mol. The Balaban J connectivity index is 1.43. The van der Waals surface area contributed by atoms with Crippen LogP contribution in [0.4, 0.5) is 10.5 Å². The highest BCUT2D eigenvalue weighted by Gasteiger charge is 2.55. The molecule has 4 rings (SSSR count). The first-order valence-corrected chi connectivity index (χ1v) is 12.3. The lowest BCUT2D eigenvalue weighted by atomic mass is 9.73. The average molecular weight is 462 g/mol. The normalized spacial score (nSPS) is 25.6. The fraction of sp³-hybridized carbons (Fsp3) is 0.524. The van der Waals surface area contributed by atoms with Gasteiger partial charge in [-0.15, -0.1) is 0 Å². The molecule has 1 aromatic rings. The third-order valence-electron chi connectivity index (χ3n) is 6.36. The predicted molar refractivity (Wildman–Crippen MR) is 118 cm³/mol. The summed E-state index contributed by atoms with van der Waals surface area (Å²) in [5, 5.41) is 5.39. The van der Waals surface area contributed by atoms with Gasteiger partial charge >= 0.3 is 6.03 Å². The van der Waals surface area contributed by atoms with E-state index in [0.717, 1.165) is 30.6 Å². The van der Waals surface area contributed by atoms with Gasteiger partial charge in [-0.1, -0.05) is 25.8 Å². The van der Waals surface area contributed by atoms with Gasteiger partial charge in [0.15, 0.2) is 0 Å². The molecule has 0 bridgehead atoms. The smallest absolute Gasteiger partial charge is 0.324 e. The molecule has 11 heteroatoms. The number of aliphatic imine (C=N–C) groups is 1. The fourth-order valence-corrected chi connectivity index (χ4v) is 5.70. The van der Waals surface area contributed by atoms with Gasteiger partial charge in [0, 0.05) is 18.7 Å². The molecule has 2 atom stereocenters. The van der Waals surface area contributed by atoms with Crippen molar-refractivity contribution in [3.63, 3.8) is 0 Å². The number of carbonyl (C=O) groups is 3. The van der Waals surface area contributed by atoms with Gasteiger partial charge in [0.2, 0.25) is 5.91 Å². The van der Waals surface area contributed by atoms with E-state index in [-0.39, 0.29) is 22.4 Å². The van der Waals surface area contributed by atoms with Crippen molar-refractivity contribution in [2.24, 2.45) is 10.9 Å². The first kappa shape index (κ1) is 22.3. The summed E-state index contributed by atoms with van der Waals surface area (Å²) in [6, 6.07) is 5.22. The highest BCUT2D eigenvalue weighted by molar-refractivity contribution is 7.90. The first-order valence-electron chi connectivity index (χ1n) is 10.8. The van der Waals surface area contributed by atoms with Crippen LogP contribution in [0.15, 0.2) is 34.2 Å². The van der Waals surface area contributed by atoms with Crippen LogP contribution in [0.1, 0.15) is 45.4 Å². The molecule has 0 unspecified atom stereocenters. The number of amides is 4. The van der Waals surface area contributed by atoms with Crippen LogP contribution < -0.4 is 15.4 Å². The zero-order valence-corrected chi connectivity index (χ0v) is 18.7. The quantitative estimate of drug-likeness (QED) is 0.572. The number of rotatable bonds is 5.